The molecule has 3 aliphatic rings. The standard InChI is InChI=1S/C13H22N2O4.3C2H6/c1-11(2,3)19-10(17)14-13-6-12(7-13,8-13)9(16)15(4)18-5;3*1-2/h6-8H2,1-5H3,(H,14,17);3*1-2H3. The van der Waals surface area contributed by atoms with E-state index in [9.17, 15) is 9.59 Å². The van der Waals surface area contributed by atoms with Gasteiger partial charge in [0.1, 0.15) is 5.60 Å². The Labute approximate surface area is 154 Å². The number of nitrogens with one attached hydrogen (secondary N) is 1. The number of ether oxygens (including phenoxy) is 1. The smallest absolute Gasteiger partial charge is 0.408 e. The molecule has 0 aliphatic heterocycles. The van der Waals surface area contributed by atoms with Crippen molar-refractivity contribution in [2.24, 2.45) is 5.41 Å². The Kier molecular flexibility index (Phi) is 11.0. The van der Waals surface area contributed by atoms with E-state index in [1.807, 2.05) is 62.3 Å². The summed E-state index contributed by atoms with van der Waals surface area (Å²) in [5, 5.41) is 4.14. The highest BCUT2D eigenvalue weighted by Gasteiger charge is 2.73. The number of hydroxylamine groups is 2. The van der Waals surface area contributed by atoms with Crippen molar-refractivity contribution in [3.05, 3.63) is 0 Å². The van der Waals surface area contributed by atoms with Crippen molar-refractivity contribution in [1.82, 2.24) is 10.4 Å². The van der Waals surface area contributed by atoms with E-state index in [0.29, 0.717) is 19.3 Å². The molecule has 0 radical (unpaired) electrons. The minimum Gasteiger partial charge on any atom is -0.444 e. The fraction of sp³-hybridized carbons (Fsp3) is 0.895. The molecule has 3 rings (SSSR count). The van der Waals surface area contributed by atoms with Crippen LogP contribution in [0, 0.1) is 5.41 Å². The number of carbonyl (C=O) groups is 2. The molecule has 3 aliphatic carbocycles. The maximum atomic E-state index is 12.0. The van der Waals surface area contributed by atoms with Gasteiger partial charge in [0.25, 0.3) is 5.91 Å². The summed E-state index contributed by atoms with van der Waals surface area (Å²) >= 11 is 0. The Morgan fingerprint density at radius 3 is 1.68 bits per heavy atom. The van der Waals surface area contributed by atoms with Gasteiger partial charge >= 0.3 is 6.09 Å². The Morgan fingerprint density at radius 2 is 1.36 bits per heavy atom. The number of amides is 2. The van der Waals surface area contributed by atoms with Crippen LogP contribution in [0.3, 0.4) is 0 Å². The molecular formula is C19H40N2O4. The largest absolute Gasteiger partial charge is 0.444 e. The first kappa shape index (κ1) is 25.9. The van der Waals surface area contributed by atoms with Crippen molar-refractivity contribution in [2.75, 3.05) is 14.2 Å². The van der Waals surface area contributed by atoms with Crippen molar-refractivity contribution < 1.29 is 19.2 Å². The first-order valence-electron chi connectivity index (χ1n) is 9.45. The molecule has 6 heteroatoms. The molecule has 0 unspecified atom stereocenters. The number of hydrogen-bond donors (Lipinski definition) is 1. The molecule has 2 bridgehead atoms. The van der Waals surface area contributed by atoms with Gasteiger partial charge in [-0.25, -0.2) is 9.86 Å². The van der Waals surface area contributed by atoms with Crippen LogP contribution in [-0.4, -0.2) is 42.4 Å². The average molecular weight is 361 g/mol. The maximum absolute atomic E-state index is 12.0. The van der Waals surface area contributed by atoms with Gasteiger partial charge in [-0.15, -0.1) is 0 Å². The minimum atomic E-state index is -0.503. The molecule has 6 nitrogen and oxygen atoms in total. The zero-order valence-electron chi connectivity index (χ0n) is 18.2. The van der Waals surface area contributed by atoms with Gasteiger partial charge in [0.2, 0.25) is 0 Å². The van der Waals surface area contributed by atoms with Crippen LogP contribution in [0.2, 0.25) is 0 Å². The van der Waals surface area contributed by atoms with Crippen LogP contribution in [0.5, 0.6) is 0 Å². The van der Waals surface area contributed by atoms with Crippen LogP contribution in [-0.2, 0) is 14.4 Å². The first-order chi connectivity index (χ1) is 11.6. The molecule has 0 saturated heterocycles. The first-order valence-corrected chi connectivity index (χ1v) is 9.45. The van der Waals surface area contributed by atoms with E-state index < -0.39 is 11.7 Å². The average Bonchev–Trinajstić information content (AvgIpc) is 2.52. The maximum Gasteiger partial charge on any atom is 0.408 e. The van der Waals surface area contributed by atoms with Crippen LogP contribution in [0.25, 0.3) is 0 Å². The molecule has 3 saturated carbocycles. The van der Waals surface area contributed by atoms with Crippen molar-refractivity contribution in [3.8, 4) is 0 Å². The Morgan fingerprint density at radius 1 is 0.960 bits per heavy atom. The normalized spacial score (nSPS) is 24.9. The van der Waals surface area contributed by atoms with Crippen LogP contribution in [0.1, 0.15) is 81.6 Å². The van der Waals surface area contributed by atoms with Gasteiger partial charge < -0.3 is 10.1 Å². The molecule has 0 aromatic heterocycles. The molecule has 150 valence electrons. The van der Waals surface area contributed by atoms with E-state index in [1.54, 1.807) is 7.05 Å². The third-order valence-electron chi connectivity index (χ3n) is 3.81. The Balaban J connectivity index is 0. The van der Waals surface area contributed by atoms with Gasteiger partial charge in [-0.05, 0) is 40.0 Å². The molecule has 25 heavy (non-hydrogen) atoms. The van der Waals surface area contributed by atoms with E-state index in [2.05, 4.69) is 5.32 Å². The fourth-order valence-electron chi connectivity index (χ4n) is 3.08. The summed E-state index contributed by atoms with van der Waals surface area (Å²) in [5.74, 6) is -0.0112. The molecular weight excluding hydrogens is 320 g/mol. The zero-order valence-corrected chi connectivity index (χ0v) is 18.2. The molecule has 1 N–H and O–H groups in total. The lowest BCUT2D eigenvalue weighted by Gasteiger charge is -2.69. The molecule has 0 spiro atoms. The highest BCUT2D eigenvalue weighted by molar-refractivity contribution is 5.87. The summed E-state index contributed by atoms with van der Waals surface area (Å²) in [7, 11) is 3.08. The number of alkyl carbamates (subject to hydrolysis) is 1. The molecule has 0 aromatic rings. The highest BCUT2D eigenvalue weighted by atomic mass is 16.7. The summed E-state index contributed by atoms with van der Waals surface area (Å²) in [6, 6.07) is 0. The third-order valence-corrected chi connectivity index (χ3v) is 3.81. The predicted octanol–water partition coefficient (Wildman–Crippen LogP) is 4.53. The lowest BCUT2D eigenvalue weighted by molar-refractivity contribution is -0.219. The van der Waals surface area contributed by atoms with Crippen LogP contribution in [0.15, 0.2) is 0 Å². The second-order valence-corrected chi connectivity index (χ2v) is 6.70. The topological polar surface area (TPSA) is 67.9 Å². The van der Waals surface area contributed by atoms with Gasteiger partial charge in [0, 0.05) is 12.6 Å². The van der Waals surface area contributed by atoms with Gasteiger partial charge in [-0.1, -0.05) is 41.5 Å². The van der Waals surface area contributed by atoms with Crippen LogP contribution >= 0.6 is 0 Å². The lowest BCUT2D eigenvalue weighted by atomic mass is 9.39. The summed E-state index contributed by atoms with van der Waals surface area (Å²) in [6.07, 6.45) is 1.61. The van der Waals surface area contributed by atoms with Crippen molar-refractivity contribution in [3.63, 3.8) is 0 Å². The van der Waals surface area contributed by atoms with Crippen molar-refractivity contribution in [1.29, 1.82) is 0 Å². The summed E-state index contributed by atoms with van der Waals surface area (Å²) < 4.78 is 5.23. The number of rotatable bonds is 3. The Hall–Kier alpha value is -1.30. The fourth-order valence-corrected chi connectivity index (χ4v) is 3.08. The lowest BCUT2D eigenvalue weighted by Crippen LogP contribution is -2.78. The molecule has 0 aromatic carbocycles. The predicted molar refractivity (Wildman–Crippen MR) is 102 cm³/mol. The minimum absolute atomic E-state index is 0.0112. The second kappa shape index (κ2) is 10.6. The molecule has 3 fully saturated rings. The second-order valence-electron chi connectivity index (χ2n) is 6.70. The van der Waals surface area contributed by atoms with Crippen molar-refractivity contribution >= 4 is 12.0 Å². The van der Waals surface area contributed by atoms with Crippen molar-refractivity contribution in [2.45, 2.75) is 92.7 Å². The van der Waals surface area contributed by atoms with Gasteiger partial charge in [-0.2, -0.15) is 0 Å². The van der Waals surface area contributed by atoms with E-state index in [1.165, 1.54) is 12.2 Å². The van der Waals surface area contributed by atoms with E-state index in [-0.39, 0.29) is 16.9 Å². The van der Waals surface area contributed by atoms with Gasteiger partial charge in [0.15, 0.2) is 0 Å². The van der Waals surface area contributed by atoms with Crippen LogP contribution in [0.4, 0.5) is 4.79 Å². The quantitative estimate of drug-likeness (QED) is 0.751. The SMILES string of the molecule is CC.CC.CC.CON(C)C(=O)C12CC(NC(=O)OC(C)(C)C)(C1)C2. The number of hydrogen-bond acceptors (Lipinski definition) is 4. The van der Waals surface area contributed by atoms with E-state index >= 15 is 0 Å². The van der Waals surface area contributed by atoms with E-state index in [0.717, 1.165) is 0 Å². The monoisotopic (exact) mass is 360 g/mol. The molecule has 2 amide bonds. The summed E-state index contributed by atoms with van der Waals surface area (Å²) in [6.45, 7) is 17.5. The van der Waals surface area contributed by atoms with E-state index in [4.69, 9.17) is 9.57 Å². The summed E-state index contributed by atoms with van der Waals surface area (Å²) in [5.41, 5.74) is -1.08. The summed E-state index contributed by atoms with van der Waals surface area (Å²) in [4.78, 5) is 28.6. The molecule has 0 atom stereocenters. The number of carbonyl (C=O) groups excluding carboxylic acids is 2. The Bertz CT molecular complexity index is 396. The highest BCUT2D eigenvalue weighted by Crippen LogP contribution is 2.67. The van der Waals surface area contributed by atoms with Gasteiger partial charge in [0.05, 0.1) is 12.5 Å². The number of nitrogens with zero attached hydrogens (tertiary/aromatic N) is 1. The third kappa shape index (κ3) is 6.49. The molecule has 0 heterocycles. The van der Waals surface area contributed by atoms with Gasteiger partial charge in [-0.3, -0.25) is 9.63 Å². The van der Waals surface area contributed by atoms with Crippen LogP contribution < -0.4 is 5.32 Å². The zero-order chi connectivity index (χ0) is 20.5.